The lowest BCUT2D eigenvalue weighted by Crippen LogP contribution is -2.18. The van der Waals surface area contributed by atoms with Crippen molar-refractivity contribution in [2.45, 2.75) is 11.8 Å². The second kappa shape index (κ2) is 8.04. The number of hydrazone groups is 1. The molecule has 0 spiro atoms. The molecule has 0 bridgehead atoms. The Bertz CT molecular complexity index is 1130. The normalized spacial score (nSPS) is 12.0. The van der Waals surface area contributed by atoms with Gasteiger partial charge in [0, 0.05) is 11.1 Å². The van der Waals surface area contributed by atoms with Crippen molar-refractivity contribution in [3.63, 3.8) is 0 Å². The molecule has 0 unspecified atom stereocenters. The highest BCUT2D eigenvalue weighted by Crippen LogP contribution is 2.28. The number of thiophene rings is 1. The van der Waals surface area contributed by atoms with Crippen LogP contribution in [-0.2, 0) is 9.84 Å². The molecule has 0 atom stereocenters. The fraction of sp³-hybridized carbons (Fsp3) is 0.100. The van der Waals surface area contributed by atoms with E-state index in [0.29, 0.717) is 16.2 Å². The zero-order valence-corrected chi connectivity index (χ0v) is 16.8. The van der Waals surface area contributed by atoms with Crippen LogP contribution in [0.5, 0.6) is 0 Å². The number of nitrogens with one attached hydrogen (secondary N) is 1. The SMILES string of the molecule is C/C(=N/NC(=O)c1ccc(-c2ccc(F)cc2)s1)c1ccc(S(C)(=O)=O)cc1. The minimum absolute atomic E-state index is 0.222. The number of amides is 1. The van der Waals surface area contributed by atoms with Crippen LogP contribution in [0.15, 0.2) is 70.7 Å². The molecule has 1 heterocycles. The molecule has 5 nitrogen and oxygen atoms in total. The molecular weight excluding hydrogens is 399 g/mol. The van der Waals surface area contributed by atoms with E-state index in [1.54, 1.807) is 43.3 Å². The molecular formula is C20H17FN2O3S2. The van der Waals surface area contributed by atoms with Crippen molar-refractivity contribution in [1.82, 2.24) is 5.43 Å². The molecule has 1 aromatic heterocycles. The number of carbonyl (C=O) groups is 1. The quantitative estimate of drug-likeness (QED) is 0.502. The van der Waals surface area contributed by atoms with Gasteiger partial charge in [0.1, 0.15) is 5.82 Å². The van der Waals surface area contributed by atoms with E-state index in [1.165, 1.54) is 35.6 Å². The van der Waals surface area contributed by atoms with Gasteiger partial charge in [-0.2, -0.15) is 5.10 Å². The largest absolute Gasteiger partial charge is 0.281 e. The van der Waals surface area contributed by atoms with E-state index < -0.39 is 9.84 Å². The van der Waals surface area contributed by atoms with Crippen LogP contribution < -0.4 is 5.43 Å². The van der Waals surface area contributed by atoms with Crippen molar-refractivity contribution >= 4 is 32.8 Å². The fourth-order valence-electron chi connectivity index (χ4n) is 2.43. The Morgan fingerprint density at radius 2 is 1.64 bits per heavy atom. The van der Waals surface area contributed by atoms with E-state index >= 15 is 0 Å². The molecule has 0 saturated carbocycles. The summed E-state index contributed by atoms with van der Waals surface area (Å²) < 4.78 is 36.0. The van der Waals surface area contributed by atoms with Gasteiger partial charge in [-0.1, -0.05) is 24.3 Å². The first-order chi connectivity index (χ1) is 13.2. The predicted octanol–water partition coefficient (Wildman–Crippen LogP) is 4.11. The summed E-state index contributed by atoms with van der Waals surface area (Å²) in [7, 11) is -3.26. The van der Waals surface area contributed by atoms with Gasteiger partial charge in [0.15, 0.2) is 9.84 Å². The van der Waals surface area contributed by atoms with E-state index in [2.05, 4.69) is 10.5 Å². The van der Waals surface area contributed by atoms with Crippen molar-refractivity contribution in [3.8, 4) is 10.4 Å². The van der Waals surface area contributed by atoms with Gasteiger partial charge in [-0.15, -0.1) is 11.3 Å². The van der Waals surface area contributed by atoms with Gasteiger partial charge in [-0.05, 0) is 54.4 Å². The average molecular weight is 416 g/mol. The minimum atomic E-state index is -3.26. The number of nitrogens with zero attached hydrogens (tertiary/aromatic N) is 1. The molecule has 0 aliphatic heterocycles. The van der Waals surface area contributed by atoms with Crippen LogP contribution in [0.1, 0.15) is 22.2 Å². The summed E-state index contributed by atoms with van der Waals surface area (Å²) in [4.78, 5) is 13.9. The molecule has 28 heavy (non-hydrogen) atoms. The monoisotopic (exact) mass is 416 g/mol. The molecule has 0 radical (unpaired) electrons. The number of rotatable bonds is 5. The third-order valence-electron chi connectivity index (χ3n) is 3.98. The van der Waals surface area contributed by atoms with Crippen LogP contribution in [0.4, 0.5) is 4.39 Å². The Hall–Kier alpha value is -2.84. The summed E-state index contributed by atoms with van der Waals surface area (Å²) >= 11 is 1.28. The first kappa shape index (κ1) is 19.9. The Morgan fingerprint density at radius 3 is 2.25 bits per heavy atom. The van der Waals surface area contributed by atoms with Gasteiger partial charge in [0.2, 0.25) is 0 Å². The average Bonchev–Trinajstić information content (AvgIpc) is 3.16. The number of benzene rings is 2. The first-order valence-electron chi connectivity index (χ1n) is 8.25. The summed E-state index contributed by atoms with van der Waals surface area (Å²) in [5, 5.41) is 4.08. The zero-order valence-electron chi connectivity index (χ0n) is 15.1. The highest BCUT2D eigenvalue weighted by atomic mass is 32.2. The Balaban J connectivity index is 1.70. The van der Waals surface area contributed by atoms with Crippen molar-refractivity contribution < 1.29 is 17.6 Å². The summed E-state index contributed by atoms with van der Waals surface area (Å²) in [6, 6.07) is 15.8. The van der Waals surface area contributed by atoms with E-state index in [9.17, 15) is 17.6 Å². The molecule has 2 aromatic carbocycles. The van der Waals surface area contributed by atoms with Gasteiger partial charge in [-0.25, -0.2) is 18.2 Å². The Morgan fingerprint density at radius 1 is 1.00 bits per heavy atom. The second-order valence-corrected chi connectivity index (χ2v) is 9.20. The molecule has 1 amide bonds. The third-order valence-corrected chi connectivity index (χ3v) is 6.25. The molecule has 3 rings (SSSR count). The van der Waals surface area contributed by atoms with Gasteiger partial charge in [0.05, 0.1) is 15.5 Å². The maximum Gasteiger partial charge on any atom is 0.281 e. The fourth-order valence-corrected chi connectivity index (χ4v) is 3.96. The van der Waals surface area contributed by atoms with Crippen molar-refractivity contribution in [1.29, 1.82) is 0 Å². The van der Waals surface area contributed by atoms with Crippen LogP contribution in [0.2, 0.25) is 0 Å². The molecule has 0 aliphatic rings. The first-order valence-corrected chi connectivity index (χ1v) is 11.0. The summed E-state index contributed by atoms with van der Waals surface area (Å²) in [5.41, 5.74) is 4.57. The standard InChI is InChI=1S/C20H17FN2O3S2/c1-13(14-5-9-17(10-6-14)28(2,25)26)22-23-20(24)19-12-11-18(27-19)15-3-7-16(21)8-4-15/h3-12H,1-2H3,(H,23,24)/b22-13-. The maximum absolute atomic E-state index is 13.0. The van der Waals surface area contributed by atoms with Crippen LogP contribution in [-0.4, -0.2) is 26.3 Å². The van der Waals surface area contributed by atoms with E-state index in [0.717, 1.165) is 16.7 Å². The van der Waals surface area contributed by atoms with E-state index in [-0.39, 0.29) is 16.6 Å². The topological polar surface area (TPSA) is 75.6 Å². The van der Waals surface area contributed by atoms with Gasteiger partial charge in [0.25, 0.3) is 5.91 Å². The van der Waals surface area contributed by atoms with Gasteiger partial charge >= 0.3 is 0 Å². The van der Waals surface area contributed by atoms with Crippen molar-refractivity contribution in [2.75, 3.05) is 6.26 Å². The smallest absolute Gasteiger partial charge is 0.266 e. The molecule has 0 fully saturated rings. The number of halogens is 1. The summed E-state index contributed by atoms with van der Waals surface area (Å²) in [6.07, 6.45) is 1.14. The Labute approximate surface area is 166 Å². The van der Waals surface area contributed by atoms with E-state index in [1.807, 2.05) is 0 Å². The van der Waals surface area contributed by atoms with Gasteiger partial charge < -0.3 is 0 Å². The third kappa shape index (κ3) is 4.71. The second-order valence-electron chi connectivity index (χ2n) is 6.11. The van der Waals surface area contributed by atoms with Crippen LogP contribution in [0, 0.1) is 5.82 Å². The van der Waals surface area contributed by atoms with Crippen LogP contribution >= 0.6 is 11.3 Å². The highest BCUT2D eigenvalue weighted by molar-refractivity contribution is 7.90. The van der Waals surface area contributed by atoms with Crippen LogP contribution in [0.25, 0.3) is 10.4 Å². The number of hydrogen-bond donors (Lipinski definition) is 1. The number of sulfone groups is 1. The number of hydrogen-bond acceptors (Lipinski definition) is 5. The lowest BCUT2D eigenvalue weighted by atomic mass is 10.1. The lowest BCUT2D eigenvalue weighted by Gasteiger charge is -2.03. The molecule has 1 N–H and O–H groups in total. The van der Waals surface area contributed by atoms with Crippen molar-refractivity contribution in [3.05, 3.63) is 76.9 Å². The van der Waals surface area contributed by atoms with Crippen LogP contribution in [0.3, 0.4) is 0 Å². The Kier molecular flexibility index (Phi) is 5.71. The molecule has 0 aliphatic carbocycles. The number of carbonyl (C=O) groups excluding carboxylic acids is 1. The lowest BCUT2D eigenvalue weighted by molar-refractivity contribution is 0.0959. The highest BCUT2D eigenvalue weighted by Gasteiger charge is 2.11. The maximum atomic E-state index is 13.0. The van der Waals surface area contributed by atoms with E-state index in [4.69, 9.17) is 0 Å². The molecule has 3 aromatic rings. The predicted molar refractivity (Wildman–Crippen MR) is 109 cm³/mol. The summed E-state index contributed by atoms with van der Waals surface area (Å²) in [5.74, 6) is -0.668. The molecule has 8 heteroatoms. The summed E-state index contributed by atoms with van der Waals surface area (Å²) in [6.45, 7) is 1.72. The molecule has 0 saturated heterocycles. The zero-order chi connectivity index (χ0) is 20.3. The van der Waals surface area contributed by atoms with Gasteiger partial charge in [-0.3, -0.25) is 4.79 Å². The minimum Gasteiger partial charge on any atom is -0.266 e. The van der Waals surface area contributed by atoms with Crippen molar-refractivity contribution in [2.24, 2.45) is 5.10 Å². The molecule has 144 valence electrons.